The first-order valence-corrected chi connectivity index (χ1v) is 11.7. The molecule has 2 heterocycles. The van der Waals surface area contributed by atoms with Crippen molar-refractivity contribution in [2.24, 2.45) is 0 Å². The predicted octanol–water partition coefficient (Wildman–Crippen LogP) is 5.52. The molecule has 1 aliphatic carbocycles. The second-order valence-electron chi connectivity index (χ2n) is 8.76. The number of amides is 1. The number of benzene rings is 1. The van der Waals surface area contributed by atoms with Gasteiger partial charge in [0.25, 0.3) is 5.91 Å². The van der Waals surface area contributed by atoms with E-state index in [1.165, 1.54) is 37.8 Å². The van der Waals surface area contributed by atoms with E-state index in [4.69, 9.17) is 9.47 Å². The van der Waals surface area contributed by atoms with Crippen molar-refractivity contribution in [3.05, 3.63) is 76.9 Å². The Morgan fingerprint density at radius 2 is 1.79 bits per heavy atom. The number of ether oxygens (including phenoxy) is 2. The van der Waals surface area contributed by atoms with Crippen LogP contribution in [0, 0.1) is 13.8 Å². The van der Waals surface area contributed by atoms with Gasteiger partial charge in [-0.2, -0.15) is 0 Å². The van der Waals surface area contributed by atoms with Crippen molar-refractivity contribution in [2.45, 2.75) is 65.1 Å². The minimum absolute atomic E-state index is 0.0397. The van der Waals surface area contributed by atoms with Crippen LogP contribution in [0.2, 0.25) is 0 Å². The minimum Gasteiger partial charge on any atom is -0.493 e. The first kappa shape index (κ1) is 22.9. The Bertz CT molecular complexity index is 1090. The predicted molar refractivity (Wildman–Crippen MR) is 129 cm³/mol. The summed E-state index contributed by atoms with van der Waals surface area (Å²) in [5, 5.41) is 3.07. The zero-order valence-electron chi connectivity index (χ0n) is 19.8. The molecule has 1 N–H and O–H groups in total. The molecule has 1 saturated carbocycles. The molecule has 0 atom stereocenters. The molecule has 0 unspecified atom stereocenters. The summed E-state index contributed by atoms with van der Waals surface area (Å²) in [5.41, 5.74) is 4.99. The maximum absolute atomic E-state index is 13.0. The molecule has 1 fully saturated rings. The van der Waals surface area contributed by atoms with Crippen LogP contribution >= 0.6 is 0 Å². The molecular weight excluding hydrogens is 414 g/mol. The number of aryl methyl sites for hydroxylation is 1. The molecule has 0 saturated heterocycles. The normalized spacial score (nSPS) is 14.2. The topological polar surface area (TPSA) is 65.4 Å². The van der Waals surface area contributed by atoms with Gasteiger partial charge in [0.1, 0.15) is 6.61 Å². The Balaban J connectivity index is 1.40. The SMILES string of the molecule is COc1cc(CNC(=O)c2cc(C)n(C3CCCCC3)c2C)ccc1OCc1ccncc1. The Hall–Kier alpha value is -3.28. The van der Waals surface area contributed by atoms with E-state index in [9.17, 15) is 4.79 Å². The summed E-state index contributed by atoms with van der Waals surface area (Å²) in [4.78, 5) is 17.0. The third kappa shape index (κ3) is 5.38. The van der Waals surface area contributed by atoms with Crippen molar-refractivity contribution in [1.29, 1.82) is 0 Å². The molecule has 2 aromatic heterocycles. The van der Waals surface area contributed by atoms with E-state index in [0.717, 1.165) is 22.4 Å². The first-order chi connectivity index (χ1) is 16.1. The Kier molecular flexibility index (Phi) is 7.33. The van der Waals surface area contributed by atoms with Gasteiger partial charge in [-0.25, -0.2) is 0 Å². The lowest BCUT2D eigenvalue weighted by Crippen LogP contribution is -2.24. The van der Waals surface area contributed by atoms with E-state index < -0.39 is 0 Å². The molecule has 3 aromatic rings. The van der Waals surface area contributed by atoms with Crippen LogP contribution in [0.1, 0.15) is 71.0 Å². The average molecular weight is 448 g/mol. The van der Waals surface area contributed by atoms with E-state index in [2.05, 4.69) is 28.7 Å². The fourth-order valence-corrected chi connectivity index (χ4v) is 4.77. The molecule has 33 heavy (non-hydrogen) atoms. The van der Waals surface area contributed by atoms with Gasteiger partial charge < -0.3 is 19.4 Å². The van der Waals surface area contributed by atoms with Crippen molar-refractivity contribution < 1.29 is 14.3 Å². The van der Waals surface area contributed by atoms with Gasteiger partial charge in [0.15, 0.2) is 11.5 Å². The monoisotopic (exact) mass is 447 g/mol. The summed E-state index contributed by atoms with van der Waals surface area (Å²) in [6.45, 7) is 5.03. The fourth-order valence-electron chi connectivity index (χ4n) is 4.77. The number of carbonyl (C=O) groups is 1. The van der Waals surface area contributed by atoms with Crippen LogP contribution < -0.4 is 14.8 Å². The zero-order chi connectivity index (χ0) is 23.2. The van der Waals surface area contributed by atoms with E-state index in [1.54, 1.807) is 19.5 Å². The van der Waals surface area contributed by atoms with Gasteiger partial charge in [-0.15, -0.1) is 0 Å². The molecular formula is C27H33N3O3. The van der Waals surface area contributed by atoms with E-state index >= 15 is 0 Å². The van der Waals surface area contributed by atoms with Crippen LogP contribution in [0.3, 0.4) is 0 Å². The summed E-state index contributed by atoms with van der Waals surface area (Å²) in [5.74, 6) is 1.27. The van der Waals surface area contributed by atoms with Crippen LogP contribution in [0.25, 0.3) is 0 Å². The Labute approximate surface area is 195 Å². The molecule has 6 nitrogen and oxygen atoms in total. The number of aromatic nitrogens is 2. The first-order valence-electron chi connectivity index (χ1n) is 11.7. The summed E-state index contributed by atoms with van der Waals surface area (Å²) >= 11 is 0. The number of methoxy groups -OCH3 is 1. The second-order valence-corrected chi connectivity index (χ2v) is 8.76. The van der Waals surface area contributed by atoms with Crippen LogP contribution in [0.4, 0.5) is 0 Å². The fraction of sp³-hybridized carbons (Fsp3) is 0.407. The minimum atomic E-state index is -0.0397. The van der Waals surface area contributed by atoms with Gasteiger partial charge in [0, 0.05) is 36.4 Å². The lowest BCUT2D eigenvalue weighted by Gasteiger charge is -2.26. The van der Waals surface area contributed by atoms with Crippen molar-refractivity contribution in [3.8, 4) is 11.5 Å². The van der Waals surface area contributed by atoms with Crippen molar-refractivity contribution in [3.63, 3.8) is 0 Å². The van der Waals surface area contributed by atoms with E-state index in [1.807, 2.05) is 36.4 Å². The van der Waals surface area contributed by atoms with Crippen LogP contribution in [0.5, 0.6) is 11.5 Å². The summed E-state index contributed by atoms with van der Waals surface area (Å²) < 4.78 is 13.8. The maximum Gasteiger partial charge on any atom is 0.253 e. The summed E-state index contributed by atoms with van der Waals surface area (Å²) in [7, 11) is 1.62. The van der Waals surface area contributed by atoms with Crippen LogP contribution in [-0.4, -0.2) is 22.6 Å². The molecule has 1 aliphatic rings. The molecule has 174 valence electrons. The number of nitrogens with one attached hydrogen (secondary N) is 1. The van der Waals surface area contributed by atoms with Gasteiger partial charge in [-0.1, -0.05) is 25.3 Å². The molecule has 0 radical (unpaired) electrons. The second kappa shape index (κ2) is 10.6. The molecule has 1 amide bonds. The van der Waals surface area contributed by atoms with E-state index in [-0.39, 0.29) is 5.91 Å². The van der Waals surface area contributed by atoms with Crippen molar-refractivity contribution >= 4 is 5.91 Å². The van der Waals surface area contributed by atoms with Crippen LogP contribution in [-0.2, 0) is 13.2 Å². The smallest absolute Gasteiger partial charge is 0.253 e. The van der Waals surface area contributed by atoms with E-state index in [0.29, 0.717) is 30.7 Å². The van der Waals surface area contributed by atoms with Gasteiger partial charge in [0.05, 0.1) is 12.7 Å². The Morgan fingerprint density at radius 1 is 1.03 bits per heavy atom. The van der Waals surface area contributed by atoms with Gasteiger partial charge in [-0.05, 0) is 68.1 Å². The molecule has 0 bridgehead atoms. The highest BCUT2D eigenvalue weighted by molar-refractivity contribution is 5.95. The molecule has 0 spiro atoms. The third-order valence-corrected chi connectivity index (χ3v) is 6.49. The molecule has 1 aromatic carbocycles. The maximum atomic E-state index is 13.0. The lowest BCUT2D eigenvalue weighted by atomic mass is 9.95. The number of rotatable bonds is 8. The number of nitrogens with zero attached hydrogens (tertiary/aromatic N) is 2. The summed E-state index contributed by atoms with van der Waals surface area (Å²) in [6, 6.07) is 12.1. The average Bonchev–Trinajstić information content (AvgIpc) is 3.16. The number of hydrogen-bond acceptors (Lipinski definition) is 4. The number of hydrogen-bond donors (Lipinski definition) is 1. The van der Waals surface area contributed by atoms with Crippen LogP contribution in [0.15, 0.2) is 48.8 Å². The standard InChI is InChI=1S/C27H33N3O3/c1-19-15-24(20(2)30(19)23-7-5-4-6-8-23)27(31)29-17-22-9-10-25(26(16-22)32-3)33-18-21-11-13-28-14-12-21/h9-16,23H,4-8,17-18H2,1-3H3,(H,29,31). The highest BCUT2D eigenvalue weighted by Crippen LogP contribution is 2.32. The third-order valence-electron chi connectivity index (χ3n) is 6.49. The zero-order valence-corrected chi connectivity index (χ0v) is 19.8. The number of pyridine rings is 1. The largest absolute Gasteiger partial charge is 0.493 e. The highest BCUT2D eigenvalue weighted by Gasteiger charge is 2.22. The van der Waals surface area contributed by atoms with Gasteiger partial charge >= 0.3 is 0 Å². The molecule has 4 rings (SSSR count). The Morgan fingerprint density at radius 3 is 2.52 bits per heavy atom. The van der Waals surface area contributed by atoms with Gasteiger partial charge in [0.2, 0.25) is 0 Å². The number of carbonyl (C=O) groups excluding carboxylic acids is 1. The summed E-state index contributed by atoms with van der Waals surface area (Å²) in [6.07, 6.45) is 9.75. The quantitative estimate of drug-likeness (QED) is 0.494. The molecule has 6 heteroatoms. The molecule has 0 aliphatic heterocycles. The highest BCUT2D eigenvalue weighted by atomic mass is 16.5. The van der Waals surface area contributed by atoms with Crippen molar-refractivity contribution in [1.82, 2.24) is 14.9 Å². The van der Waals surface area contributed by atoms with Crippen molar-refractivity contribution in [2.75, 3.05) is 7.11 Å². The lowest BCUT2D eigenvalue weighted by molar-refractivity contribution is 0.0950. The van der Waals surface area contributed by atoms with Gasteiger partial charge in [-0.3, -0.25) is 9.78 Å².